The standard InChI is InChI=1S/C16H12Cl2O3/c1-21-16(20)13(10-6-3-2-4-7-10)15(19)14-11(17)8-5-9-12(14)18/h2-9,13H,1H3. The number of carbonyl (C=O) groups excluding carboxylic acids is 2. The van der Waals surface area contributed by atoms with Gasteiger partial charge in [0.25, 0.3) is 0 Å². The molecule has 2 aromatic rings. The molecule has 0 spiro atoms. The van der Waals surface area contributed by atoms with Crippen LogP contribution in [0.25, 0.3) is 0 Å². The number of carbonyl (C=O) groups is 2. The Morgan fingerprint density at radius 3 is 2.05 bits per heavy atom. The van der Waals surface area contributed by atoms with Gasteiger partial charge in [0.2, 0.25) is 0 Å². The molecule has 2 aromatic carbocycles. The van der Waals surface area contributed by atoms with Crippen LogP contribution in [0.5, 0.6) is 0 Å². The van der Waals surface area contributed by atoms with Crippen molar-refractivity contribution in [3.63, 3.8) is 0 Å². The van der Waals surface area contributed by atoms with Gasteiger partial charge in [-0.1, -0.05) is 59.6 Å². The number of Topliss-reactive ketones (excluding diaryl/α,β-unsaturated/α-hetero) is 1. The van der Waals surface area contributed by atoms with Crippen LogP contribution in [-0.4, -0.2) is 18.9 Å². The minimum atomic E-state index is -1.09. The van der Waals surface area contributed by atoms with E-state index in [4.69, 9.17) is 27.9 Å². The molecule has 0 bridgehead atoms. The fraction of sp³-hybridized carbons (Fsp3) is 0.125. The lowest BCUT2D eigenvalue weighted by atomic mass is 9.90. The van der Waals surface area contributed by atoms with Crippen molar-refractivity contribution < 1.29 is 14.3 Å². The normalized spacial score (nSPS) is 11.8. The Bertz CT molecular complexity index is 648. The van der Waals surface area contributed by atoms with Crippen LogP contribution in [-0.2, 0) is 9.53 Å². The Labute approximate surface area is 132 Å². The molecule has 5 heteroatoms. The smallest absolute Gasteiger partial charge is 0.321 e. The number of halogens is 2. The summed E-state index contributed by atoms with van der Waals surface area (Å²) in [6.07, 6.45) is 0. The Kier molecular flexibility index (Phi) is 4.99. The number of hydrogen-bond donors (Lipinski definition) is 0. The highest BCUT2D eigenvalue weighted by atomic mass is 35.5. The van der Waals surface area contributed by atoms with Gasteiger partial charge in [-0.3, -0.25) is 9.59 Å². The average Bonchev–Trinajstić information content (AvgIpc) is 2.48. The molecule has 0 saturated carbocycles. The van der Waals surface area contributed by atoms with Crippen molar-refractivity contribution in [2.24, 2.45) is 0 Å². The summed E-state index contributed by atoms with van der Waals surface area (Å²) in [6.45, 7) is 0. The molecule has 0 amide bonds. The monoisotopic (exact) mass is 322 g/mol. The van der Waals surface area contributed by atoms with Gasteiger partial charge in [0.1, 0.15) is 5.92 Å². The summed E-state index contributed by atoms with van der Waals surface area (Å²) in [5.41, 5.74) is 0.658. The van der Waals surface area contributed by atoms with Crippen molar-refractivity contribution in [3.05, 3.63) is 69.7 Å². The molecule has 21 heavy (non-hydrogen) atoms. The van der Waals surface area contributed by atoms with Crippen LogP contribution >= 0.6 is 23.2 Å². The minimum Gasteiger partial charge on any atom is -0.468 e. The second-order valence-corrected chi connectivity index (χ2v) is 5.14. The molecule has 0 heterocycles. The molecule has 0 aliphatic rings. The SMILES string of the molecule is COC(=O)C(C(=O)c1c(Cl)cccc1Cl)c1ccccc1. The summed E-state index contributed by atoms with van der Waals surface area (Å²) in [7, 11) is 1.24. The van der Waals surface area contributed by atoms with Gasteiger partial charge in [-0.2, -0.15) is 0 Å². The summed E-state index contributed by atoms with van der Waals surface area (Å²) >= 11 is 12.1. The average molecular weight is 323 g/mol. The molecule has 1 unspecified atom stereocenters. The first-order valence-electron chi connectivity index (χ1n) is 6.17. The van der Waals surface area contributed by atoms with Crippen molar-refractivity contribution in [2.45, 2.75) is 5.92 Å². The maximum atomic E-state index is 12.7. The lowest BCUT2D eigenvalue weighted by Gasteiger charge is -2.15. The molecule has 2 rings (SSSR count). The van der Waals surface area contributed by atoms with Gasteiger partial charge in [-0.15, -0.1) is 0 Å². The van der Waals surface area contributed by atoms with Gasteiger partial charge in [-0.25, -0.2) is 0 Å². The molecule has 1 atom stereocenters. The van der Waals surface area contributed by atoms with Gasteiger partial charge >= 0.3 is 5.97 Å². The van der Waals surface area contributed by atoms with Crippen LogP contribution in [0.2, 0.25) is 10.0 Å². The van der Waals surface area contributed by atoms with E-state index in [9.17, 15) is 9.59 Å². The highest BCUT2D eigenvalue weighted by Crippen LogP contribution is 2.31. The molecule has 0 fully saturated rings. The minimum absolute atomic E-state index is 0.125. The number of rotatable bonds is 4. The van der Waals surface area contributed by atoms with Crippen molar-refractivity contribution >= 4 is 35.0 Å². The fourth-order valence-electron chi connectivity index (χ4n) is 2.04. The first-order chi connectivity index (χ1) is 10.1. The molecule has 0 saturated heterocycles. The van der Waals surface area contributed by atoms with Gasteiger partial charge in [0.05, 0.1) is 22.7 Å². The van der Waals surface area contributed by atoms with Crippen LogP contribution in [0.4, 0.5) is 0 Å². The fourth-order valence-corrected chi connectivity index (χ4v) is 2.62. The van der Waals surface area contributed by atoms with E-state index in [-0.39, 0.29) is 15.6 Å². The van der Waals surface area contributed by atoms with Crippen LogP contribution in [0, 0.1) is 0 Å². The molecular weight excluding hydrogens is 311 g/mol. The van der Waals surface area contributed by atoms with Crippen molar-refractivity contribution in [1.82, 2.24) is 0 Å². The van der Waals surface area contributed by atoms with Gasteiger partial charge < -0.3 is 4.74 Å². The zero-order valence-corrected chi connectivity index (χ0v) is 12.7. The largest absolute Gasteiger partial charge is 0.468 e. The first-order valence-corrected chi connectivity index (χ1v) is 6.93. The van der Waals surface area contributed by atoms with Crippen molar-refractivity contribution in [3.8, 4) is 0 Å². The maximum Gasteiger partial charge on any atom is 0.321 e. The Hall–Kier alpha value is -1.84. The van der Waals surface area contributed by atoms with E-state index in [1.807, 2.05) is 0 Å². The van der Waals surface area contributed by atoms with Gasteiger partial charge in [-0.05, 0) is 17.7 Å². The number of ketones is 1. The Balaban J connectivity index is 2.52. The topological polar surface area (TPSA) is 43.4 Å². The predicted molar refractivity (Wildman–Crippen MR) is 82.0 cm³/mol. The Morgan fingerprint density at radius 2 is 1.52 bits per heavy atom. The second-order valence-electron chi connectivity index (χ2n) is 4.33. The lowest BCUT2D eigenvalue weighted by Crippen LogP contribution is -2.24. The van der Waals surface area contributed by atoms with Crippen molar-refractivity contribution in [2.75, 3.05) is 7.11 Å². The summed E-state index contributed by atoms with van der Waals surface area (Å²) < 4.78 is 4.74. The van der Waals surface area contributed by atoms with Crippen LogP contribution in [0.3, 0.4) is 0 Å². The molecule has 0 aromatic heterocycles. The van der Waals surface area contributed by atoms with Gasteiger partial charge in [0.15, 0.2) is 5.78 Å². The van der Waals surface area contributed by atoms with Crippen molar-refractivity contribution in [1.29, 1.82) is 0 Å². The third kappa shape index (κ3) is 3.26. The predicted octanol–water partition coefficient (Wildman–Crippen LogP) is 4.13. The third-order valence-corrected chi connectivity index (χ3v) is 3.67. The number of hydrogen-bond acceptors (Lipinski definition) is 3. The third-order valence-electron chi connectivity index (χ3n) is 3.04. The second kappa shape index (κ2) is 6.74. The molecule has 108 valence electrons. The highest BCUT2D eigenvalue weighted by molar-refractivity contribution is 6.40. The Morgan fingerprint density at radius 1 is 0.952 bits per heavy atom. The summed E-state index contributed by atoms with van der Waals surface area (Å²) in [5.74, 6) is -2.22. The molecule has 0 aliphatic heterocycles. The van der Waals surface area contributed by atoms with E-state index in [0.717, 1.165) is 0 Å². The van der Waals surface area contributed by atoms with E-state index >= 15 is 0 Å². The van der Waals surface area contributed by atoms with E-state index < -0.39 is 17.7 Å². The van der Waals surface area contributed by atoms with Crippen LogP contribution < -0.4 is 0 Å². The zero-order chi connectivity index (χ0) is 15.4. The number of ether oxygens (including phenoxy) is 1. The highest BCUT2D eigenvalue weighted by Gasteiger charge is 2.32. The zero-order valence-electron chi connectivity index (χ0n) is 11.2. The van der Waals surface area contributed by atoms with Crippen LogP contribution in [0.15, 0.2) is 48.5 Å². The number of benzene rings is 2. The summed E-state index contributed by atoms with van der Waals surface area (Å²) in [4.78, 5) is 24.7. The quantitative estimate of drug-likeness (QED) is 0.483. The first kappa shape index (κ1) is 15.5. The number of methoxy groups -OCH3 is 1. The van der Waals surface area contributed by atoms with Gasteiger partial charge in [0, 0.05) is 0 Å². The van der Waals surface area contributed by atoms with E-state index in [1.165, 1.54) is 7.11 Å². The molecular formula is C16H12Cl2O3. The van der Waals surface area contributed by atoms with E-state index in [0.29, 0.717) is 5.56 Å². The van der Waals surface area contributed by atoms with E-state index in [1.54, 1.807) is 48.5 Å². The summed E-state index contributed by atoms with van der Waals surface area (Å²) in [5, 5.41) is 0.412. The maximum absolute atomic E-state index is 12.7. The molecule has 3 nitrogen and oxygen atoms in total. The molecule has 0 radical (unpaired) electrons. The number of esters is 1. The van der Waals surface area contributed by atoms with E-state index in [2.05, 4.69) is 0 Å². The van der Waals surface area contributed by atoms with Crippen LogP contribution in [0.1, 0.15) is 21.8 Å². The molecule has 0 N–H and O–H groups in total. The lowest BCUT2D eigenvalue weighted by molar-refractivity contribution is -0.141. The summed E-state index contributed by atoms with van der Waals surface area (Å²) in [6, 6.07) is 13.4. The molecule has 0 aliphatic carbocycles.